The van der Waals surface area contributed by atoms with Gasteiger partial charge in [-0.25, -0.2) is 13.6 Å². The lowest BCUT2D eigenvalue weighted by Crippen LogP contribution is -2.64. The minimum atomic E-state index is -2.67. The van der Waals surface area contributed by atoms with Crippen LogP contribution in [0.15, 0.2) is 30.3 Å². The zero-order chi connectivity index (χ0) is 14.9. The van der Waals surface area contributed by atoms with Gasteiger partial charge in [-0.15, -0.1) is 0 Å². The maximum Gasteiger partial charge on any atom is 0.317 e. The molecule has 0 aliphatic carbocycles. The highest BCUT2D eigenvalue weighted by Crippen LogP contribution is 2.39. The zero-order valence-corrected chi connectivity index (χ0v) is 11.7. The molecule has 6 heteroatoms. The maximum absolute atomic E-state index is 14.0. The Bertz CT molecular complexity index is 493. The van der Waals surface area contributed by atoms with Crippen molar-refractivity contribution in [2.75, 3.05) is 26.2 Å². The van der Waals surface area contributed by atoms with Crippen molar-refractivity contribution in [2.45, 2.75) is 12.5 Å². The van der Waals surface area contributed by atoms with Gasteiger partial charge in [0.1, 0.15) is 0 Å². The molecule has 2 N–H and O–H groups in total. The zero-order valence-electron chi connectivity index (χ0n) is 11.7. The van der Waals surface area contributed by atoms with Gasteiger partial charge in [-0.1, -0.05) is 30.3 Å². The van der Waals surface area contributed by atoms with E-state index in [0.29, 0.717) is 6.54 Å². The molecule has 0 aromatic heterocycles. The monoisotopic (exact) mass is 295 g/mol. The Morgan fingerprint density at radius 3 is 2.48 bits per heavy atom. The molecule has 0 radical (unpaired) electrons. The molecular weight excluding hydrogens is 276 g/mol. The molecule has 2 unspecified atom stereocenters. The maximum atomic E-state index is 14.0. The van der Waals surface area contributed by atoms with Gasteiger partial charge in [0.25, 0.3) is 5.92 Å². The second kappa shape index (κ2) is 5.60. The van der Waals surface area contributed by atoms with E-state index in [2.05, 4.69) is 10.6 Å². The molecule has 2 amide bonds. The number of carbonyl (C=O) groups excluding carboxylic acids is 1. The molecule has 4 nitrogen and oxygen atoms in total. The summed E-state index contributed by atoms with van der Waals surface area (Å²) in [5.41, 5.74) is 0.995. The van der Waals surface area contributed by atoms with E-state index < -0.39 is 17.8 Å². The molecule has 2 saturated heterocycles. The van der Waals surface area contributed by atoms with Gasteiger partial charge in [-0.2, -0.15) is 0 Å². The van der Waals surface area contributed by atoms with Crippen LogP contribution in [0.2, 0.25) is 0 Å². The number of alkyl halides is 2. The highest BCUT2D eigenvalue weighted by atomic mass is 19.3. The van der Waals surface area contributed by atoms with E-state index in [1.807, 2.05) is 30.3 Å². The van der Waals surface area contributed by atoms with Crippen LogP contribution in [0.5, 0.6) is 0 Å². The first kappa shape index (κ1) is 14.3. The van der Waals surface area contributed by atoms with E-state index in [-0.39, 0.29) is 32.2 Å². The average molecular weight is 295 g/mol. The molecule has 2 aliphatic heterocycles. The molecule has 3 rings (SSSR count). The minimum absolute atomic E-state index is 0.108. The summed E-state index contributed by atoms with van der Waals surface area (Å²) in [5.74, 6) is -4.23. The summed E-state index contributed by atoms with van der Waals surface area (Å²) in [6.07, 6.45) is 0. The normalized spacial score (nSPS) is 27.2. The molecule has 1 aromatic rings. The minimum Gasteiger partial charge on any atom is -0.334 e. The van der Waals surface area contributed by atoms with E-state index in [9.17, 15) is 13.6 Å². The summed E-state index contributed by atoms with van der Waals surface area (Å²) in [5, 5.41) is 5.83. The Morgan fingerprint density at radius 2 is 1.86 bits per heavy atom. The van der Waals surface area contributed by atoms with E-state index >= 15 is 0 Å². The van der Waals surface area contributed by atoms with Crippen LogP contribution in [0.4, 0.5) is 13.6 Å². The standard InChI is InChI=1S/C15H19F2N3O/c16-15(17)12-7-18-8-13(15)10-20(9-12)14(21)19-6-11-4-2-1-3-5-11/h1-5,12-13,18H,6-10H2,(H,19,21). The van der Waals surface area contributed by atoms with Gasteiger partial charge in [0.2, 0.25) is 0 Å². The van der Waals surface area contributed by atoms with E-state index in [0.717, 1.165) is 5.56 Å². The second-order valence-corrected chi connectivity index (χ2v) is 5.78. The van der Waals surface area contributed by atoms with Gasteiger partial charge in [0.05, 0.1) is 11.8 Å². The van der Waals surface area contributed by atoms with Gasteiger partial charge in [0.15, 0.2) is 0 Å². The Morgan fingerprint density at radius 1 is 1.24 bits per heavy atom. The molecule has 114 valence electrons. The number of likely N-dealkylation sites (tertiary alicyclic amines) is 1. The summed E-state index contributed by atoms with van der Waals surface area (Å²) in [6, 6.07) is 9.29. The third-order valence-corrected chi connectivity index (χ3v) is 4.33. The van der Waals surface area contributed by atoms with Crippen LogP contribution in [0.25, 0.3) is 0 Å². The number of nitrogens with zero attached hydrogens (tertiary/aromatic N) is 1. The smallest absolute Gasteiger partial charge is 0.317 e. The van der Waals surface area contributed by atoms with Crippen molar-refractivity contribution in [3.05, 3.63) is 35.9 Å². The Hall–Kier alpha value is -1.69. The Labute approximate surface area is 122 Å². The fraction of sp³-hybridized carbons (Fsp3) is 0.533. The molecule has 2 aliphatic rings. The topological polar surface area (TPSA) is 44.4 Å². The highest BCUT2D eigenvalue weighted by Gasteiger charge is 2.54. The summed E-state index contributed by atoms with van der Waals surface area (Å²) in [7, 11) is 0. The summed E-state index contributed by atoms with van der Waals surface area (Å²) < 4.78 is 28.0. The molecule has 2 bridgehead atoms. The number of urea groups is 1. The van der Waals surface area contributed by atoms with Crippen LogP contribution in [0.1, 0.15) is 5.56 Å². The van der Waals surface area contributed by atoms with Crippen molar-refractivity contribution >= 4 is 6.03 Å². The summed E-state index contributed by atoms with van der Waals surface area (Å²) in [4.78, 5) is 13.7. The molecule has 2 heterocycles. The fourth-order valence-electron chi connectivity index (χ4n) is 3.07. The number of benzene rings is 1. The van der Waals surface area contributed by atoms with Crippen LogP contribution in [-0.4, -0.2) is 43.0 Å². The molecule has 2 atom stereocenters. The number of halogens is 2. The summed E-state index contributed by atoms with van der Waals surface area (Å²) >= 11 is 0. The molecule has 21 heavy (non-hydrogen) atoms. The van der Waals surface area contributed by atoms with Crippen molar-refractivity contribution in [2.24, 2.45) is 11.8 Å². The van der Waals surface area contributed by atoms with E-state index in [1.165, 1.54) is 4.90 Å². The molecule has 2 fully saturated rings. The lowest BCUT2D eigenvalue weighted by Gasteiger charge is -2.47. The third-order valence-electron chi connectivity index (χ3n) is 4.33. The third kappa shape index (κ3) is 2.85. The van der Waals surface area contributed by atoms with Crippen LogP contribution < -0.4 is 10.6 Å². The van der Waals surface area contributed by atoms with E-state index in [4.69, 9.17) is 0 Å². The van der Waals surface area contributed by atoms with Crippen LogP contribution in [0, 0.1) is 11.8 Å². The van der Waals surface area contributed by atoms with Crippen LogP contribution >= 0.6 is 0 Å². The summed E-state index contributed by atoms with van der Waals surface area (Å²) in [6.45, 7) is 1.17. The van der Waals surface area contributed by atoms with Crippen molar-refractivity contribution in [3.63, 3.8) is 0 Å². The number of fused-ring (bicyclic) bond motifs is 2. The van der Waals surface area contributed by atoms with Gasteiger partial charge < -0.3 is 15.5 Å². The SMILES string of the molecule is O=C(NCc1ccccc1)N1CC2CNCC(C1)C2(F)F. The van der Waals surface area contributed by atoms with Gasteiger partial charge in [-0.3, -0.25) is 0 Å². The number of nitrogens with one attached hydrogen (secondary N) is 2. The van der Waals surface area contributed by atoms with Gasteiger partial charge >= 0.3 is 6.03 Å². The largest absolute Gasteiger partial charge is 0.334 e. The number of hydrogen-bond donors (Lipinski definition) is 2. The first-order valence-corrected chi connectivity index (χ1v) is 7.22. The second-order valence-electron chi connectivity index (χ2n) is 5.78. The van der Waals surface area contributed by atoms with Crippen LogP contribution in [-0.2, 0) is 6.54 Å². The first-order chi connectivity index (χ1) is 10.1. The Balaban J connectivity index is 1.59. The van der Waals surface area contributed by atoms with E-state index in [1.54, 1.807) is 0 Å². The predicted molar refractivity (Wildman–Crippen MR) is 75.0 cm³/mol. The lowest BCUT2D eigenvalue weighted by atomic mass is 9.81. The number of hydrogen-bond acceptors (Lipinski definition) is 2. The highest BCUT2D eigenvalue weighted by molar-refractivity contribution is 5.74. The Kier molecular flexibility index (Phi) is 3.80. The predicted octanol–water partition coefficient (Wildman–Crippen LogP) is 1.68. The number of piperidine rings is 2. The van der Waals surface area contributed by atoms with Crippen molar-refractivity contribution in [1.82, 2.24) is 15.5 Å². The van der Waals surface area contributed by atoms with Crippen molar-refractivity contribution in [3.8, 4) is 0 Å². The fourth-order valence-corrected chi connectivity index (χ4v) is 3.07. The molecule has 1 aromatic carbocycles. The first-order valence-electron chi connectivity index (χ1n) is 7.22. The van der Waals surface area contributed by atoms with Gasteiger partial charge in [-0.05, 0) is 5.56 Å². The number of rotatable bonds is 2. The van der Waals surface area contributed by atoms with Crippen molar-refractivity contribution in [1.29, 1.82) is 0 Å². The van der Waals surface area contributed by atoms with Crippen molar-refractivity contribution < 1.29 is 13.6 Å². The lowest BCUT2D eigenvalue weighted by molar-refractivity contribution is -0.155. The average Bonchev–Trinajstić information content (AvgIpc) is 2.44. The van der Waals surface area contributed by atoms with Gasteiger partial charge in [0, 0.05) is 32.7 Å². The number of amides is 2. The van der Waals surface area contributed by atoms with Crippen LogP contribution in [0.3, 0.4) is 0 Å². The number of carbonyl (C=O) groups is 1. The molecular formula is C15H19F2N3O. The quantitative estimate of drug-likeness (QED) is 0.872. The molecule has 0 saturated carbocycles. The molecule has 0 spiro atoms.